The van der Waals surface area contributed by atoms with Crippen LogP contribution in [-0.2, 0) is 15.5 Å². The third kappa shape index (κ3) is 4.14. The molecule has 1 rings (SSSR count). The largest absolute Gasteiger partial charge is 0.534 e. The van der Waals surface area contributed by atoms with Gasteiger partial charge in [0.25, 0.3) is 0 Å². The number of carbonyl (C=O) groups excluding carboxylic acids is 2. The third-order valence-electron chi connectivity index (χ3n) is 3.19. The first-order valence-corrected chi connectivity index (χ1v) is 8.20. The van der Waals surface area contributed by atoms with Crippen molar-refractivity contribution in [1.82, 2.24) is 0 Å². The molecule has 0 N–H and O–H groups in total. The molecule has 0 atom stereocenters. The maximum Gasteiger partial charge on any atom is 0.534 e. The second-order valence-electron chi connectivity index (χ2n) is 6.25. The number of halogens is 3. The molecular weight excluding hydrogens is 349 g/mol. The van der Waals surface area contributed by atoms with E-state index in [1.165, 1.54) is 12.1 Å². The molecule has 1 aromatic rings. The highest BCUT2D eigenvalue weighted by Gasteiger charge is 2.49. The average molecular weight is 366 g/mol. The van der Waals surface area contributed by atoms with Gasteiger partial charge >= 0.3 is 15.6 Å². The number of carbonyl (C=O) groups is 2. The van der Waals surface area contributed by atoms with Crippen molar-refractivity contribution < 1.29 is 35.4 Å². The Morgan fingerprint density at radius 1 is 0.958 bits per heavy atom. The zero-order valence-corrected chi connectivity index (χ0v) is 14.6. The summed E-state index contributed by atoms with van der Waals surface area (Å²) in [6.45, 7) is 7.38. The van der Waals surface area contributed by atoms with Crippen molar-refractivity contribution in [3.63, 3.8) is 0 Å². The zero-order chi connectivity index (χ0) is 19.1. The average Bonchev–Trinajstić information content (AvgIpc) is 2.34. The second kappa shape index (κ2) is 6.19. The van der Waals surface area contributed by atoms with Gasteiger partial charge in [-0.15, -0.1) is 0 Å². The first-order valence-electron chi connectivity index (χ1n) is 6.79. The van der Waals surface area contributed by atoms with Crippen molar-refractivity contribution in [3.05, 3.63) is 28.8 Å². The molecule has 0 aliphatic heterocycles. The number of hydrogen-bond acceptors (Lipinski definition) is 5. The summed E-state index contributed by atoms with van der Waals surface area (Å²) in [4.78, 5) is 23.6. The normalized spacial score (nSPS) is 12.8. The highest BCUT2D eigenvalue weighted by atomic mass is 32.2. The van der Waals surface area contributed by atoms with Crippen LogP contribution in [0.5, 0.6) is 5.75 Å². The molecule has 24 heavy (non-hydrogen) atoms. The quantitative estimate of drug-likeness (QED) is 0.462. The molecule has 0 fully saturated rings. The summed E-state index contributed by atoms with van der Waals surface area (Å²) in [6.07, 6.45) is 0. The van der Waals surface area contributed by atoms with Gasteiger partial charge in [0.15, 0.2) is 17.3 Å². The Labute approximate surface area is 137 Å². The van der Waals surface area contributed by atoms with E-state index >= 15 is 0 Å². The van der Waals surface area contributed by atoms with E-state index in [4.69, 9.17) is 0 Å². The molecule has 0 saturated carbocycles. The Morgan fingerprint density at radius 2 is 1.33 bits per heavy atom. The Balaban J connectivity index is 3.76. The first kappa shape index (κ1) is 20.1. The number of rotatable bonds is 4. The molecule has 0 unspecified atom stereocenters. The number of hydrogen-bond donors (Lipinski definition) is 0. The summed E-state index contributed by atoms with van der Waals surface area (Å²) < 4.78 is 64.4. The topological polar surface area (TPSA) is 77.5 Å². The molecule has 0 amide bonds. The minimum absolute atomic E-state index is 0.402. The Morgan fingerprint density at radius 3 is 1.58 bits per heavy atom. The lowest BCUT2D eigenvalue weighted by Gasteiger charge is -2.22. The fraction of sp³-hybridized carbons (Fsp3) is 0.467. The summed E-state index contributed by atoms with van der Waals surface area (Å²) in [7, 11) is -6.02. The molecule has 134 valence electrons. The summed E-state index contributed by atoms with van der Waals surface area (Å²) in [5.41, 5.74) is -6.54. The third-order valence-corrected chi connectivity index (χ3v) is 4.14. The predicted octanol–water partition coefficient (Wildman–Crippen LogP) is 3.62. The van der Waals surface area contributed by atoms with E-state index in [1.54, 1.807) is 20.8 Å². The molecule has 9 heteroatoms. The fourth-order valence-electron chi connectivity index (χ4n) is 1.83. The van der Waals surface area contributed by atoms with Crippen molar-refractivity contribution in [2.75, 3.05) is 0 Å². The van der Waals surface area contributed by atoms with Gasteiger partial charge in [-0.25, -0.2) is 0 Å². The Hall–Kier alpha value is -1.90. The fourth-order valence-corrected chi connectivity index (χ4v) is 2.33. The van der Waals surface area contributed by atoms with E-state index in [0.29, 0.717) is 5.56 Å². The van der Waals surface area contributed by atoms with Gasteiger partial charge in [-0.05, 0) is 37.0 Å². The predicted molar refractivity (Wildman–Crippen MR) is 80.8 cm³/mol. The molecule has 0 aromatic heterocycles. The SMILES string of the molecule is CC(=O)c1cc(C(C)(C)C)cc(C(C)=O)c1OS(=O)(=O)C(F)(F)F. The van der Waals surface area contributed by atoms with Gasteiger partial charge in [-0.2, -0.15) is 21.6 Å². The lowest BCUT2D eigenvalue weighted by molar-refractivity contribution is -0.0500. The van der Waals surface area contributed by atoms with Crippen LogP contribution in [0.4, 0.5) is 13.2 Å². The molecule has 0 bridgehead atoms. The number of Topliss-reactive ketones (excluding diaryl/α,β-unsaturated/α-hetero) is 2. The first-order chi connectivity index (χ1) is 10.6. The van der Waals surface area contributed by atoms with E-state index in [1.807, 2.05) is 0 Å². The van der Waals surface area contributed by atoms with Crippen LogP contribution in [0.2, 0.25) is 0 Å². The summed E-state index contributed by atoms with van der Waals surface area (Å²) in [6, 6.07) is 2.46. The minimum Gasteiger partial charge on any atom is -0.374 e. The van der Waals surface area contributed by atoms with Crippen molar-refractivity contribution in [2.45, 2.75) is 45.5 Å². The molecule has 0 heterocycles. The van der Waals surface area contributed by atoms with E-state index in [9.17, 15) is 31.2 Å². The van der Waals surface area contributed by atoms with Gasteiger partial charge in [0.1, 0.15) is 0 Å². The Bertz CT molecular complexity index is 751. The van der Waals surface area contributed by atoms with Gasteiger partial charge in [-0.1, -0.05) is 20.8 Å². The maximum absolute atomic E-state index is 12.6. The molecule has 0 spiro atoms. The molecule has 0 radical (unpaired) electrons. The van der Waals surface area contributed by atoms with Gasteiger partial charge in [-0.3, -0.25) is 9.59 Å². The van der Waals surface area contributed by atoms with Crippen molar-refractivity contribution in [2.24, 2.45) is 0 Å². The molecular formula is C15H17F3O5S. The highest BCUT2D eigenvalue weighted by molar-refractivity contribution is 7.88. The van der Waals surface area contributed by atoms with Gasteiger partial charge < -0.3 is 4.18 Å². The maximum atomic E-state index is 12.6. The zero-order valence-electron chi connectivity index (χ0n) is 13.7. The van der Waals surface area contributed by atoms with Crippen LogP contribution < -0.4 is 4.18 Å². The molecule has 0 aliphatic carbocycles. The standard InChI is InChI=1S/C15H17F3O5S/c1-8(19)11-6-10(14(3,4)5)7-12(9(2)20)13(11)23-24(21,22)15(16,17)18/h6-7H,1-5H3. The van der Waals surface area contributed by atoms with Gasteiger partial charge in [0, 0.05) is 0 Å². The smallest absolute Gasteiger partial charge is 0.374 e. The van der Waals surface area contributed by atoms with E-state index in [-0.39, 0.29) is 0 Å². The van der Waals surface area contributed by atoms with Gasteiger partial charge in [0.2, 0.25) is 0 Å². The highest BCUT2D eigenvalue weighted by Crippen LogP contribution is 2.36. The monoisotopic (exact) mass is 366 g/mol. The van der Waals surface area contributed by atoms with Crippen molar-refractivity contribution in [3.8, 4) is 5.75 Å². The van der Waals surface area contributed by atoms with Crippen LogP contribution in [-0.4, -0.2) is 25.5 Å². The number of benzene rings is 1. The molecule has 0 aliphatic rings. The molecule has 1 aromatic carbocycles. The van der Waals surface area contributed by atoms with Crippen LogP contribution in [0.25, 0.3) is 0 Å². The van der Waals surface area contributed by atoms with E-state index in [0.717, 1.165) is 13.8 Å². The van der Waals surface area contributed by atoms with E-state index < -0.39 is 49.5 Å². The van der Waals surface area contributed by atoms with Crippen LogP contribution >= 0.6 is 0 Å². The summed E-state index contributed by atoms with van der Waals surface area (Å²) in [5, 5.41) is 0. The summed E-state index contributed by atoms with van der Waals surface area (Å²) >= 11 is 0. The Kier molecular flexibility index (Phi) is 5.20. The van der Waals surface area contributed by atoms with Gasteiger partial charge in [0.05, 0.1) is 11.1 Å². The minimum atomic E-state index is -6.02. The van der Waals surface area contributed by atoms with Crippen LogP contribution in [0.15, 0.2) is 12.1 Å². The number of alkyl halides is 3. The lowest BCUT2D eigenvalue weighted by atomic mass is 9.84. The number of ketones is 2. The molecule has 5 nitrogen and oxygen atoms in total. The van der Waals surface area contributed by atoms with Crippen molar-refractivity contribution >= 4 is 21.7 Å². The van der Waals surface area contributed by atoms with Crippen LogP contribution in [0.1, 0.15) is 60.9 Å². The van der Waals surface area contributed by atoms with Crippen LogP contribution in [0.3, 0.4) is 0 Å². The lowest BCUT2D eigenvalue weighted by Crippen LogP contribution is -2.29. The van der Waals surface area contributed by atoms with Crippen molar-refractivity contribution in [1.29, 1.82) is 0 Å². The summed E-state index contributed by atoms with van der Waals surface area (Å²) in [5.74, 6) is -2.35. The second-order valence-corrected chi connectivity index (χ2v) is 7.78. The van der Waals surface area contributed by atoms with E-state index in [2.05, 4.69) is 4.18 Å². The van der Waals surface area contributed by atoms with Crippen LogP contribution in [0, 0.1) is 0 Å². The molecule has 0 saturated heterocycles.